The number of nitrogens with zero attached hydrogens (tertiary/aromatic N) is 2. The summed E-state index contributed by atoms with van der Waals surface area (Å²) >= 11 is 0. The van der Waals surface area contributed by atoms with Gasteiger partial charge in [-0.05, 0) is 13.3 Å². The monoisotopic (exact) mass is 241 g/mol. The standard InChI is InChI=1S/C11H19N3O3/c1-2-17-9-3-8-4-14(7-15)10(11(12)16)6-13(8)5-9/h7-10H,2-6H2,1H3,(H2,12,16). The van der Waals surface area contributed by atoms with E-state index < -0.39 is 11.9 Å². The van der Waals surface area contributed by atoms with Crippen LogP contribution < -0.4 is 5.73 Å². The number of amides is 2. The highest BCUT2D eigenvalue weighted by Crippen LogP contribution is 2.25. The summed E-state index contributed by atoms with van der Waals surface area (Å²) in [4.78, 5) is 25.9. The molecule has 2 aliphatic rings. The summed E-state index contributed by atoms with van der Waals surface area (Å²) in [6.07, 6.45) is 1.86. The van der Waals surface area contributed by atoms with Crippen molar-refractivity contribution < 1.29 is 14.3 Å². The van der Waals surface area contributed by atoms with Gasteiger partial charge in [-0.25, -0.2) is 0 Å². The van der Waals surface area contributed by atoms with Crippen LogP contribution in [0.25, 0.3) is 0 Å². The second-order valence-electron chi connectivity index (χ2n) is 4.64. The van der Waals surface area contributed by atoms with E-state index in [0.717, 1.165) is 19.4 Å². The lowest BCUT2D eigenvalue weighted by Gasteiger charge is -2.39. The molecule has 0 radical (unpaired) electrons. The molecule has 17 heavy (non-hydrogen) atoms. The first-order valence-corrected chi connectivity index (χ1v) is 6.01. The molecule has 0 saturated carbocycles. The van der Waals surface area contributed by atoms with Crippen molar-refractivity contribution in [1.29, 1.82) is 0 Å². The van der Waals surface area contributed by atoms with Crippen molar-refractivity contribution in [3.05, 3.63) is 0 Å². The molecule has 0 spiro atoms. The maximum Gasteiger partial charge on any atom is 0.241 e. The Morgan fingerprint density at radius 2 is 2.24 bits per heavy atom. The van der Waals surface area contributed by atoms with Gasteiger partial charge >= 0.3 is 0 Å². The summed E-state index contributed by atoms with van der Waals surface area (Å²) in [6.45, 7) is 4.60. The molecule has 3 unspecified atom stereocenters. The molecule has 0 aromatic carbocycles. The Bertz CT molecular complexity index is 310. The van der Waals surface area contributed by atoms with Crippen LogP contribution in [0.2, 0.25) is 0 Å². The highest BCUT2D eigenvalue weighted by molar-refractivity contribution is 5.82. The van der Waals surface area contributed by atoms with Gasteiger partial charge in [0, 0.05) is 32.3 Å². The van der Waals surface area contributed by atoms with E-state index in [1.165, 1.54) is 4.90 Å². The number of hydrogen-bond acceptors (Lipinski definition) is 4. The average Bonchev–Trinajstić information content (AvgIpc) is 2.68. The molecule has 2 amide bonds. The van der Waals surface area contributed by atoms with Crippen molar-refractivity contribution in [2.45, 2.75) is 31.5 Å². The molecule has 2 aliphatic heterocycles. The Labute approximate surface area is 101 Å². The van der Waals surface area contributed by atoms with Gasteiger partial charge in [-0.15, -0.1) is 0 Å². The molecule has 6 nitrogen and oxygen atoms in total. The Morgan fingerprint density at radius 1 is 1.47 bits per heavy atom. The minimum absolute atomic E-state index is 0.213. The van der Waals surface area contributed by atoms with Gasteiger partial charge in [-0.3, -0.25) is 14.5 Å². The fourth-order valence-corrected chi connectivity index (χ4v) is 2.78. The van der Waals surface area contributed by atoms with Crippen LogP contribution in [0.15, 0.2) is 0 Å². The van der Waals surface area contributed by atoms with Gasteiger partial charge in [0.15, 0.2) is 0 Å². The summed E-state index contributed by atoms with van der Waals surface area (Å²) in [5, 5.41) is 0. The number of ether oxygens (including phenoxy) is 1. The van der Waals surface area contributed by atoms with Crippen molar-refractivity contribution in [3.8, 4) is 0 Å². The Morgan fingerprint density at radius 3 is 2.82 bits per heavy atom. The fraction of sp³-hybridized carbons (Fsp3) is 0.818. The van der Waals surface area contributed by atoms with E-state index >= 15 is 0 Å². The Balaban J connectivity index is 2.02. The van der Waals surface area contributed by atoms with E-state index in [1.54, 1.807) is 0 Å². The van der Waals surface area contributed by atoms with Crippen molar-refractivity contribution in [2.24, 2.45) is 5.73 Å². The minimum Gasteiger partial charge on any atom is -0.377 e. The lowest BCUT2D eigenvalue weighted by molar-refractivity contribution is -0.135. The van der Waals surface area contributed by atoms with Crippen molar-refractivity contribution in [2.75, 3.05) is 26.2 Å². The number of hydrogen-bond donors (Lipinski definition) is 1. The largest absolute Gasteiger partial charge is 0.377 e. The molecule has 0 bridgehead atoms. The molecule has 3 atom stereocenters. The maximum absolute atomic E-state index is 11.3. The normalized spacial score (nSPS) is 33.5. The molecule has 2 N–H and O–H groups in total. The zero-order chi connectivity index (χ0) is 12.4. The minimum atomic E-state index is -0.496. The lowest BCUT2D eigenvalue weighted by atomic mass is 10.1. The van der Waals surface area contributed by atoms with E-state index in [1.807, 2.05) is 6.92 Å². The van der Waals surface area contributed by atoms with Gasteiger partial charge in [-0.2, -0.15) is 0 Å². The molecular weight excluding hydrogens is 222 g/mol. The van der Waals surface area contributed by atoms with Crippen LogP contribution in [0.5, 0.6) is 0 Å². The number of nitrogens with two attached hydrogens (primary N) is 1. The predicted molar refractivity (Wildman–Crippen MR) is 61.1 cm³/mol. The van der Waals surface area contributed by atoms with Gasteiger partial charge in [0.1, 0.15) is 6.04 Å². The van der Waals surface area contributed by atoms with Crippen LogP contribution in [0.4, 0.5) is 0 Å². The number of rotatable bonds is 4. The molecule has 0 aromatic heterocycles. The van der Waals surface area contributed by atoms with Crippen LogP contribution in [0.3, 0.4) is 0 Å². The van der Waals surface area contributed by atoms with Gasteiger partial charge in [0.25, 0.3) is 0 Å². The van der Waals surface area contributed by atoms with Gasteiger partial charge in [0.05, 0.1) is 6.10 Å². The van der Waals surface area contributed by atoms with Crippen LogP contribution in [0.1, 0.15) is 13.3 Å². The van der Waals surface area contributed by atoms with E-state index in [4.69, 9.17) is 10.5 Å². The topological polar surface area (TPSA) is 75.9 Å². The molecule has 0 aliphatic carbocycles. The molecular formula is C11H19N3O3. The average molecular weight is 241 g/mol. The third-order valence-electron chi connectivity index (χ3n) is 3.59. The zero-order valence-corrected chi connectivity index (χ0v) is 10.0. The van der Waals surface area contributed by atoms with E-state index in [2.05, 4.69) is 4.90 Å². The molecule has 96 valence electrons. The zero-order valence-electron chi connectivity index (χ0n) is 10.0. The van der Waals surface area contributed by atoms with Crippen LogP contribution in [-0.4, -0.2) is 66.5 Å². The SMILES string of the molecule is CCOC1CC2CN(C=O)C(C(N)=O)CN2C1. The van der Waals surface area contributed by atoms with Crippen LogP contribution >= 0.6 is 0 Å². The van der Waals surface area contributed by atoms with E-state index in [0.29, 0.717) is 25.7 Å². The fourth-order valence-electron chi connectivity index (χ4n) is 2.78. The highest BCUT2D eigenvalue weighted by atomic mass is 16.5. The number of fused-ring (bicyclic) bond motifs is 1. The predicted octanol–water partition coefficient (Wildman–Crippen LogP) is -1.21. The molecule has 2 heterocycles. The molecule has 0 aromatic rings. The number of carbonyl (C=O) groups excluding carboxylic acids is 2. The van der Waals surface area contributed by atoms with Gasteiger partial charge in [0.2, 0.25) is 12.3 Å². The van der Waals surface area contributed by atoms with E-state index in [-0.39, 0.29) is 6.10 Å². The summed E-state index contributed by atoms with van der Waals surface area (Å²) in [7, 11) is 0. The van der Waals surface area contributed by atoms with E-state index in [9.17, 15) is 9.59 Å². The summed E-state index contributed by atoms with van der Waals surface area (Å²) < 4.78 is 5.59. The molecule has 6 heteroatoms. The number of carbonyl (C=O) groups is 2. The summed E-state index contributed by atoms with van der Waals surface area (Å²) in [5.41, 5.74) is 5.31. The van der Waals surface area contributed by atoms with Crippen molar-refractivity contribution in [3.63, 3.8) is 0 Å². The summed E-state index contributed by atoms with van der Waals surface area (Å²) in [5.74, 6) is -0.435. The number of primary amides is 1. The van der Waals surface area contributed by atoms with Crippen molar-refractivity contribution >= 4 is 12.3 Å². The van der Waals surface area contributed by atoms with Crippen molar-refractivity contribution in [1.82, 2.24) is 9.80 Å². The Kier molecular flexibility index (Phi) is 3.63. The maximum atomic E-state index is 11.3. The first-order chi connectivity index (χ1) is 8.15. The highest BCUT2D eigenvalue weighted by Gasteiger charge is 2.41. The lowest BCUT2D eigenvalue weighted by Crippen LogP contribution is -2.59. The Hall–Kier alpha value is -1.14. The van der Waals surface area contributed by atoms with Crippen LogP contribution in [0, 0.1) is 0 Å². The second kappa shape index (κ2) is 5.01. The quantitative estimate of drug-likeness (QED) is 0.627. The first-order valence-electron chi connectivity index (χ1n) is 6.01. The number of piperazine rings is 1. The summed E-state index contributed by atoms with van der Waals surface area (Å²) in [6, 6.07) is -0.198. The van der Waals surface area contributed by atoms with Gasteiger partial charge in [-0.1, -0.05) is 0 Å². The molecule has 2 rings (SSSR count). The molecule has 2 saturated heterocycles. The molecule has 2 fully saturated rings. The second-order valence-corrected chi connectivity index (χ2v) is 4.64. The third-order valence-corrected chi connectivity index (χ3v) is 3.59. The first kappa shape index (κ1) is 12.3. The third kappa shape index (κ3) is 2.42. The van der Waals surface area contributed by atoms with Gasteiger partial charge < -0.3 is 15.4 Å². The van der Waals surface area contributed by atoms with Crippen LogP contribution in [-0.2, 0) is 14.3 Å². The smallest absolute Gasteiger partial charge is 0.241 e.